The maximum atomic E-state index is 12.5. The fraction of sp³-hybridized carbons (Fsp3) is 0.263. The lowest BCUT2D eigenvalue weighted by molar-refractivity contribution is -0.148. The Morgan fingerprint density at radius 3 is 2.29 bits per heavy atom. The number of amides is 1. The zero-order valence-electron chi connectivity index (χ0n) is 13.2. The predicted molar refractivity (Wildman–Crippen MR) is 88.8 cm³/mol. The Bertz CT molecular complexity index is 702. The van der Waals surface area contributed by atoms with Gasteiger partial charge in [-0.3, -0.25) is 4.79 Å². The van der Waals surface area contributed by atoms with Crippen LogP contribution in [0.4, 0.5) is 0 Å². The third-order valence-corrected chi connectivity index (χ3v) is 4.11. The number of nitrogens with zero attached hydrogens (tertiary/aromatic N) is 1. The molecule has 0 unspecified atom stereocenters. The maximum Gasteiger partial charge on any atom is 0.326 e. The summed E-state index contributed by atoms with van der Waals surface area (Å²) in [5, 5.41) is 9.43. The van der Waals surface area contributed by atoms with Gasteiger partial charge in [0.1, 0.15) is 17.9 Å². The molecule has 1 heterocycles. The van der Waals surface area contributed by atoms with Gasteiger partial charge in [0, 0.05) is 6.42 Å². The Hall–Kier alpha value is -2.82. The van der Waals surface area contributed by atoms with Crippen molar-refractivity contribution in [3.8, 4) is 5.75 Å². The molecule has 3 rings (SSSR count). The van der Waals surface area contributed by atoms with E-state index in [2.05, 4.69) is 0 Å². The minimum Gasteiger partial charge on any atom is -0.488 e. The zero-order valence-corrected chi connectivity index (χ0v) is 13.2. The Kier molecular flexibility index (Phi) is 4.79. The SMILES string of the molecule is O=C(O)[C@@H]1C[C@H](Oc2ccccc2)CN1C(=O)Cc1ccccc1. The van der Waals surface area contributed by atoms with Crippen LogP contribution in [0, 0.1) is 0 Å². The average Bonchev–Trinajstić information content (AvgIpc) is 3.01. The van der Waals surface area contributed by atoms with Gasteiger partial charge in [0.05, 0.1) is 13.0 Å². The summed E-state index contributed by atoms with van der Waals surface area (Å²) in [5.41, 5.74) is 0.874. The number of carboxylic acid groups (broad SMARTS) is 1. The number of carboxylic acids is 1. The number of hydrogen-bond acceptors (Lipinski definition) is 3. The molecule has 2 atom stereocenters. The number of rotatable bonds is 5. The van der Waals surface area contributed by atoms with E-state index < -0.39 is 12.0 Å². The minimum atomic E-state index is -0.990. The molecule has 1 aliphatic heterocycles. The molecule has 1 aliphatic rings. The third-order valence-electron chi connectivity index (χ3n) is 4.11. The molecule has 2 aromatic rings. The Labute approximate surface area is 140 Å². The molecule has 0 saturated carbocycles. The summed E-state index contributed by atoms with van der Waals surface area (Å²) in [6.45, 7) is 0.289. The normalized spacial score (nSPS) is 19.9. The highest BCUT2D eigenvalue weighted by atomic mass is 16.5. The second kappa shape index (κ2) is 7.17. The summed E-state index contributed by atoms with van der Waals surface area (Å²) in [6.07, 6.45) is 0.182. The smallest absolute Gasteiger partial charge is 0.326 e. The average molecular weight is 325 g/mol. The maximum absolute atomic E-state index is 12.5. The first-order valence-electron chi connectivity index (χ1n) is 7.91. The van der Waals surface area contributed by atoms with E-state index in [1.54, 1.807) is 0 Å². The highest BCUT2D eigenvalue weighted by Crippen LogP contribution is 2.24. The van der Waals surface area contributed by atoms with Crippen molar-refractivity contribution in [3.63, 3.8) is 0 Å². The van der Waals surface area contributed by atoms with Crippen molar-refractivity contribution in [2.75, 3.05) is 6.54 Å². The van der Waals surface area contributed by atoms with Crippen LogP contribution < -0.4 is 4.74 Å². The van der Waals surface area contributed by atoms with Gasteiger partial charge in [0.25, 0.3) is 0 Å². The summed E-state index contributed by atoms with van der Waals surface area (Å²) < 4.78 is 5.83. The van der Waals surface area contributed by atoms with Gasteiger partial charge in [0.2, 0.25) is 5.91 Å². The van der Waals surface area contributed by atoms with Crippen LogP contribution in [0.5, 0.6) is 5.75 Å². The molecule has 0 aromatic heterocycles. The Balaban J connectivity index is 1.69. The standard InChI is InChI=1S/C19H19NO4/c21-18(11-14-7-3-1-4-8-14)20-13-16(12-17(20)19(22)23)24-15-9-5-2-6-10-15/h1-10,16-17H,11-13H2,(H,22,23)/t16-,17-/m0/s1. The van der Waals surface area contributed by atoms with Crippen LogP contribution in [0.15, 0.2) is 60.7 Å². The van der Waals surface area contributed by atoms with Crippen LogP contribution in [0.25, 0.3) is 0 Å². The molecule has 1 fully saturated rings. The van der Waals surface area contributed by atoms with Gasteiger partial charge in [-0.1, -0.05) is 48.5 Å². The van der Waals surface area contributed by atoms with Crippen LogP contribution in [-0.2, 0) is 16.0 Å². The van der Waals surface area contributed by atoms with Gasteiger partial charge >= 0.3 is 5.97 Å². The van der Waals surface area contributed by atoms with Crippen LogP contribution in [0.1, 0.15) is 12.0 Å². The van der Waals surface area contributed by atoms with Crippen molar-refractivity contribution in [1.29, 1.82) is 0 Å². The molecule has 24 heavy (non-hydrogen) atoms. The molecular weight excluding hydrogens is 306 g/mol. The van der Waals surface area contributed by atoms with Crippen molar-refractivity contribution >= 4 is 11.9 Å². The highest BCUT2D eigenvalue weighted by molar-refractivity contribution is 5.85. The largest absolute Gasteiger partial charge is 0.488 e. The van der Waals surface area contributed by atoms with E-state index in [-0.39, 0.29) is 25.0 Å². The number of carbonyl (C=O) groups is 2. The minimum absolute atomic E-state index is 0.187. The summed E-state index contributed by atoms with van der Waals surface area (Å²) in [4.78, 5) is 25.5. The van der Waals surface area contributed by atoms with Crippen molar-refractivity contribution in [3.05, 3.63) is 66.2 Å². The summed E-state index contributed by atoms with van der Waals surface area (Å²) in [5.74, 6) is -0.493. The van der Waals surface area contributed by atoms with Gasteiger partial charge in [-0.15, -0.1) is 0 Å². The molecule has 2 aromatic carbocycles. The molecule has 1 amide bonds. The molecule has 1 saturated heterocycles. The highest BCUT2D eigenvalue weighted by Gasteiger charge is 2.40. The molecule has 1 N–H and O–H groups in total. The number of ether oxygens (including phenoxy) is 1. The molecule has 124 valence electrons. The predicted octanol–water partition coefficient (Wildman–Crippen LogP) is 2.36. The van der Waals surface area contributed by atoms with Crippen LogP contribution in [0.2, 0.25) is 0 Å². The van der Waals surface area contributed by atoms with E-state index >= 15 is 0 Å². The van der Waals surface area contributed by atoms with E-state index in [4.69, 9.17) is 4.74 Å². The van der Waals surface area contributed by atoms with E-state index in [9.17, 15) is 14.7 Å². The van der Waals surface area contributed by atoms with Crippen LogP contribution >= 0.6 is 0 Å². The Morgan fingerprint density at radius 2 is 1.67 bits per heavy atom. The number of carbonyl (C=O) groups excluding carboxylic acids is 1. The third kappa shape index (κ3) is 3.74. The van der Waals surface area contributed by atoms with Crippen LogP contribution in [-0.4, -0.2) is 40.6 Å². The van der Waals surface area contributed by atoms with Gasteiger partial charge < -0.3 is 14.7 Å². The molecule has 5 heteroatoms. The second-order valence-corrected chi connectivity index (χ2v) is 5.85. The number of aliphatic carboxylic acids is 1. The lowest BCUT2D eigenvalue weighted by atomic mass is 10.1. The Morgan fingerprint density at radius 1 is 1.04 bits per heavy atom. The quantitative estimate of drug-likeness (QED) is 0.916. The van der Waals surface area contributed by atoms with Gasteiger partial charge in [-0.2, -0.15) is 0 Å². The zero-order chi connectivity index (χ0) is 16.9. The summed E-state index contributed by atoms with van der Waals surface area (Å²) in [7, 11) is 0. The molecule has 0 radical (unpaired) electrons. The lowest BCUT2D eigenvalue weighted by Gasteiger charge is -2.21. The lowest BCUT2D eigenvalue weighted by Crippen LogP contribution is -2.41. The van der Waals surface area contributed by atoms with Crippen molar-refractivity contribution in [1.82, 2.24) is 4.90 Å². The van der Waals surface area contributed by atoms with Gasteiger partial charge in [-0.25, -0.2) is 4.79 Å². The number of likely N-dealkylation sites (tertiary alicyclic amines) is 1. The monoisotopic (exact) mass is 325 g/mol. The van der Waals surface area contributed by atoms with Gasteiger partial charge in [0.15, 0.2) is 0 Å². The molecule has 0 bridgehead atoms. The second-order valence-electron chi connectivity index (χ2n) is 5.85. The molecule has 0 aliphatic carbocycles. The summed E-state index contributed by atoms with van der Waals surface area (Å²) in [6, 6.07) is 17.7. The number of benzene rings is 2. The van der Waals surface area contributed by atoms with Crippen molar-refractivity contribution in [2.24, 2.45) is 0 Å². The van der Waals surface area contributed by atoms with Crippen LogP contribution in [0.3, 0.4) is 0 Å². The number of hydrogen-bond donors (Lipinski definition) is 1. The van der Waals surface area contributed by atoms with Crippen molar-refractivity contribution in [2.45, 2.75) is 25.0 Å². The van der Waals surface area contributed by atoms with E-state index in [0.717, 1.165) is 5.56 Å². The first-order valence-corrected chi connectivity index (χ1v) is 7.91. The van der Waals surface area contributed by atoms with Gasteiger partial charge in [-0.05, 0) is 17.7 Å². The first-order chi connectivity index (χ1) is 11.6. The fourth-order valence-electron chi connectivity index (χ4n) is 2.96. The number of para-hydroxylation sites is 1. The molecule has 0 spiro atoms. The van der Waals surface area contributed by atoms with E-state index in [1.807, 2.05) is 60.7 Å². The fourth-order valence-corrected chi connectivity index (χ4v) is 2.96. The molecular formula is C19H19NO4. The van der Waals surface area contributed by atoms with E-state index in [1.165, 1.54) is 4.90 Å². The topological polar surface area (TPSA) is 66.8 Å². The van der Waals surface area contributed by atoms with Crippen molar-refractivity contribution < 1.29 is 19.4 Å². The first kappa shape index (κ1) is 16.1. The van der Waals surface area contributed by atoms with E-state index in [0.29, 0.717) is 12.2 Å². The molecule has 5 nitrogen and oxygen atoms in total. The summed E-state index contributed by atoms with van der Waals surface area (Å²) >= 11 is 0.